The molecule has 0 saturated carbocycles. The van der Waals surface area contributed by atoms with Crippen molar-refractivity contribution in [3.63, 3.8) is 0 Å². The lowest BCUT2D eigenvalue weighted by molar-refractivity contribution is -0.295. The molecule has 2 heterocycles. The van der Waals surface area contributed by atoms with E-state index in [4.69, 9.17) is 21.8 Å². The van der Waals surface area contributed by atoms with E-state index >= 15 is 0 Å². The molecule has 0 bridgehead atoms. The summed E-state index contributed by atoms with van der Waals surface area (Å²) in [5.41, 5.74) is 0. The van der Waals surface area contributed by atoms with Gasteiger partial charge in [-0.2, -0.15) is 4.39 Å². The fraction of sp³-hybridized carbons (Fsp3) is 0.545. The maximum atomic E-state index is 13.3. The lowest BCUT2D eigenvalue weighted by atomic mass is 10.2. The molecule has 1 saturated heterocycles. The van der Waals surface area contributed by atoms with Crippen LogP contribution in [0.1, 0.15) is 6.42 Å². The number of aliphatic hydroxyl groups excluding tert-OH is 1. The molecule has 0 spiro atoms. The topological polar surface area (TPSA) is 98.6 Å². The van der Waals surface area contributed by atoms with Gasteiger partial charge < -0.3 is 20.4 Å². The Hall–Kier alpha value is -1.72. The van der Waals surface area contributed by atoms with Crippen molar-refractivity contribution in [2.24, 2.45) is 0 Å². The molecule has 1 aliphatic rings. The van der Waals surface area contributed by atoms with Crippen molar-refractivity contribution in [3.8, 4) is 0 Å². The molecule has 23 heavy (non-hydrogen) atoms. The molecule has 12 heteroatoms. The van der Waals surface area contributed by atoms with Crippen molar-refractivity contribution in [1.29, 1.82) is 0 Å². The van der Waals surface area contributed by atoms with Gasteiger partial charge in [0.1, 0.15) is 6.33 Å². The van der Waals surface area contributed by atoms with Crippen molar-refractivity contribution in [2.75, 3.05) is 32.1 Å². The van der Waals surface area contributed by atoms with Gasteiger partial charge in [0.25, 0.3) is 0 Å². The average Bonchev–Trinajstić information content (AvgIpc) is 2.39. The van der Waals surface area contributed by atoms with Crippen LogP contribution in [0.5, 0.6) is 0 Å². The smallest absolute Gasteiger partial charge is 0.400 e. The summed E-state index contributed by atoms with van der Waals surface area (Å²) in [4.78, 5) is 20.3. The zero-order valence-electron chi connectivity index (χ0n) is 11.9. The summed E-state index contributed by atoms with van der Waals surface area (Å²) in [7, 11) is 1.00. The summed E-state index contributed by atoms with van der Waals surface area (Å²) in [6, 6.07) is 0. The summed E-state index contributed by atoms with van der Waals surface area (Å²) in [6.07, 6.45) is -2.83. The molecule has 1 aromatic heterocycles. The molecule has 2 rings (SSSR count). The predicted molar refractivity (Wildman–Crippen MR) is 73.1 cm³/mol. The highest BCUT2D eigenvalue weighted by Crippen LogP contribution is 2.16. The first-order valence-corrected chi connectivity index (χ1v) is 6.47. The minimum Gasteiger partial charge on any atom is -0.400 e. The number of halogens is 5. The number of carbonyl (C=O) groups excluding carboxylic acids is 1. The Balaban J connectivity index is 0.000000594. The second-order valence-corrected chi connectivity index (χ2v) is 4.24. The van der Waals surface area contributed by atoms with Gasteiger partial charge in [-0.3, -0.25) is 4.79 Å². The second kappa shape index (κ2) is 10.1. The minimum atomic E-state index is -5.00. The van der Waals surface area contributed by atoms with Crippen molar-refractivity contribution < 1.29 is 32.6 Å². The first-order valence-electron chi connectivity index (χ1n) is 6.10. The highest BCUT2D eigenvalue weighted by atomic mass is 35.5. The van der Waals surface area contributed by atoms with Gasteiger partial charge in [-0.15, -0.1) is 13.2 Å². The van der Waals surface area contributed by atoms with E-state index in [1.54, 1.807) is 4.90 Å². The Labute approximate surface area is 133 Å². The molecule has 1 amide bonds. The predicted octanol–water partition coefficient (Wildman–Crippen LogP) is 1.02. The Morgan fingerprint density at radius 3 is 2.35 bits per heavy atom. The highest BCUT2D eigenvalue weighted by Gasteiger charge is 2.21. The van der Waals surface area contributed by atoms with Crippen LogP contribution in [-0.2, 0) is 4.79 Å². The number of carbonyl (C=O) groups is 1. The summed E-state index contributed by atoms with van der Waals surface area (Å²) in [6.45, 7) is 1.56. The number of rotatable bonds is 3. The number of anilines is 1. The van der Waals surface area contributed by atoms with Crippen LogP contribution in [0.25, 0.3) is 0 Å². The molecule has 3 N–H and O–H groups in total. The van der Waals surface area contributed by atoms with E-state index in [1.165, 1.54) is 0 Å². The highest BCUT2D eigenvalue weighted by molar-refractivity contribution is 6.29. The van der Waals surface area contributed by atoms with Crippen LogP contribution in [-0.4, -0.2) is 64.1 Å². The normalized spacial score (nSPS) is 13.0. The Kier molecular flexibility index (Phi) is 9.37. The van der Waals surface area contributed by atoms with Crippen molar-refractivity contribution >= 4 is 23.3 Å². The molecule has 0 unspecified atom stereocenters. The molecule has 132 valence electrons. The van der Waals surface area contributed by atoms with Crippen LogP contribution in [0.3, 0.4) is 0 Å². The van der Waals surface area contributed by atoms with Crippen LogP contribution < -0.4 is 5.32 Å². The third kappa shape index (κ3) is 9.11. The Bertz CT molecular complexity index is 495. The molecular formula is C11H15ClF4N4O3. The molecule has 1 aromatic rings. The molecular weight excluding hydrogens is 348 g/mol. The maximum absolute atomic E-state index is 13.3. The van der Waals surface area contributed by atoms with Crippen LogP contribution >= 0.6 is 11.6 Å². The van der Waals surface area contributed by atoms with Crippen molar-refractivity contribution in [2.45, 2.75) is 12.8 Å². The van der Waals surface area contributed by atoms with Crippen LogP contribution in [0, 0.1) is 5.82 Å². The number of nitrogens with one attached hydrogen (secondary N) is 1. The zero-order chi connectivity index (χ0) is 18.0. The SMILES string of the molecule is CO.O=C(CNc1ncnc(Cl)c1F)N1CCC1.OC(F)(F)F. The van der Waals surface area contributed by atoms with E-state index in [0.29, 0.717) is 0 Å². The van der Waals surface area contributed by atoms with Gasteiger partial charge in [0.05, 0.1) is 6.54 Å². The lowest BCUT2D eigenvalue weighted by Crippen LogP contribution is -2.44. The number of likely N-dealkylation sites (tertiary alicyclic amines) is 1. The van der Waals surface area contributed by atoms with Gasteiger partial charge >= 0.3 is 6.36 Å². The largest absolute Gasteiger partial charge is 0.519 e. The monoisotopic (exact) mass is 362 g/mol. The fourth-order valence-corrected chi connectivity index (χ4v) is 1.44. The lowest BCUT2D eigenvalue weighted by Gasteiger charge is -2.30. The number of hydrogen-bond donors (Lipinski definition) is 3. The molecule has 0 radical (unpaired) electrons. The standard InChI is InChI=1S/C9H10ClFN4O.CHF3O.CH4O/c10-8-7(11)9(14-5-13-8)12-4-6(16)15-2-1-3-15;2-1(3,4)5;1-2/h5H,1-4H2,(H,12,13,14);5H;2H,1H3. The van der Waals surface area contributed by atoms with E-state index in [-0.39, 0.29) is 23.4 Å². The molecule has 1 fully saturated rings. The number of aliphatic hydroxyl groups is 2. The third-order valence-electron chi connectivity index (χ3n) is 2.36. The van der Waals surface area contributed by atoms with Crippen LogP contribution in [0.2, 0.25) is 5.15 Å². The summed E-state index contributed by atoms with van der Waals surface area (Å²) in [5.74, 6) is -0.852. The summed E-state index contributed by atoms with van der Waals surface area (Å²) < 4.78 is 43.0. The third-order valence-corrected chi connectivity index (χ3v) is 2.63. The number of amides is 1. The van der Waals surface area contributed by atoms with Crippen LogP contribution in [0.15, 0.2) is 6.33 Å². The van der Waals surface area contributed by atoms with Gasteiger partial charge in [-0.1, -0.05) is 11.6 Å². The Morgan fingerprint density at radius 2 is 1.91 bits per heavy atom. The average molecular weight is 363 g/mol. The van der Waals surface area contributed by atoms with Crippen molar-refractivity contribution in [3.05, 3.63) is 17.3 Å². The van der Waals surface area contributed by atoms with Crippen LogP contribution in [0.4, 0.5) is 23.4 Å². The van der Waals surface area contributed by atoms with E-state index in [0.717, 1.165) is 32.9 Å². The zero-order valence-corrected chi connectivity index (χ0v) is 12.7. The first-order chi connectivity index (χ1) is 10.7. The van der Waals surface area contributed by atoms with E-state index in [9.17, 15) is 22.4 Å². The molecule has 0 atom stereocenters. The summed E-state index contributed by atoms with van der Waals surface area (Å²) in [5, 5.41) is 15.9. The number of hydrogen-bond acceptors (Lipinski definition) is 6. The van der Waals surface area contributed by atoms with Gasteiger partial charge in [0.15, 0.2) is 11.0 Å². The molecule has 1 aliphatic heterocycles. The van der Waals surface area contributed by atoms with Crippen molar-refractivity contribution in [1.82, 2.24) is 14.9 Å². The fourth-order valence-electron chi connectivity index (χ4n) is 1.31. The van der Waals surface area contributed by atoms with Gasteiger partial charge in [-0.25, -0.2) is 9.97 Å². The second-order valence-electron chi connectivity index (χ2n) is 3.88. The van der Waals surface area contributed by atoms with Gasteiger partial charge in [0.2, 0.25) is 11.7 Å². The van der Waals surface area contributed by atoms with E-state index in [2.05, 4.69) is 15.3 Å². The number of aromatic nitrogens is 2. The molecule has 7 nitrogen and oxygen atoms in total. The number of nitrogens with zero attached hydrogens (tertiary/aromatic N) is 3. The van der Waals surface area contributed by atoms with Gasteiger partial charge in [-0.05, 0) is 6.42 Å². The quantitative estimate of drug-likeness (QED) is 0.548. The Morgan fingerprint density at radius 1 is 1.39 bits per heavy atom. The van der Waals surface area contributed by atoms with E-state index < -0.39 is 12.2 Å². The molecule has 0 aliphatic carbocycles. The number of alkyl halides is 3. The van der Waals surface area contributed by atoms with E-state index in [1.807, 2.05) is 0 Å². The minimum absolute atomic E-state index is 0.0181. The molecule has 0 aromatic carbocycles. The summed E-state index contributed by atoms with van der Waals surface area (Å²) >= 11 is 5.47. The first kappa shape index (κ1) is 21.3. The maximum Gasteiger partial charge on any atom is 0.519 e. The van der Waals surface area contributed by atoms with Gasteiger partial charge in [0, 0.05) is 20.2 Å².